The molecule has 0 saturated heterocycles. The molecule has 0 spiro atoms. The first-order valence-corrected chi connectivity index (χ1v) is 5.27. The maximum absolute atomic E-state index is 8.64. The topological polar surface area (TPSA) is 55.5 Å². The highest BCUT2D eigenvalue weighted by Gasteiger charge is 2.04. The molecule has 3 N–H and O–H groups in total. The molecule has 0 aliphatic rings. The second-order valence-electron chi connectivity index (χ2n) is 3.01. The number of nitrogens with two attached hydrogens (primary N) is 1. The molecule has 1 aromatic rings. The van der Waals surface area contributed by atoms with E-state index in [1.807, 2.05) is 24.3 Å². The molecule has 0 amide bonds. The molecule has 1 unspecified atom stereocenters. The lowest BCUT2D eigenvalue weighted by atomic mass is 10.2. The third-order valence-corrected chi connectivity index (χ3v) is 2.44. The molecule has 0 saturated carbocycles. The van der Waals surface area contributed by atoms with Gasteiger partial charge in [0.2, 0.25) is 0 Å². The fourth-order valence-corrected chi connectivity index (χ4v) is 1.41. The van der Waals surface area contributed by atoms with Crippen LogP contribution >= 0.6 is 15.9 Å². The van der Waals surface area contributed by atoms with Gasteiger partial charge in [0.15, 0.2) is 0 Å². The van der Waals surface area contributed by atoms with Crippen molar-refractivity contribution in [2.75, 3.05) is 13.2 Å². The van der Waals surface area contributed by atoms with E-state index in [1.54, 1.807) is 0 Å². The van der Waals surface area contributed by atoms with E-state index in [4.69, 9.17) is 15.6 Å². The molecule has 0 bridgehead atoms. The predicted molar refractivity (Wildman–Crippen MR) is 59.3 cm³/mol. The molecule has 1 rings (SSSR count). The van der Waals surface area contributed by atoms with Gasteiger partial charge in [-0.15, -0.1) is 0 Å². The van der Waals surface area contributed by atoms with Crippen molar-refractivity contribution in [1.29, 1.82) is 0 Å². The van der Waals surface area contributed by atoms with Crippen LogP contribution in [0.3, 0.4) is 0 Å². The van der Waals surface area contributed by atoms with Crippen LogP contribution in [0.15, 0.2) is 28.7 Å². The Labute approximate surface area is 92.0 Å². The lowest BCUT2D eigenvalue weighted by Gasteiger charge is -2.12. The van der Waals surface area contributed by atoms with Crippen LogP contribution in [0.5, 0.6) is 5.75 Å². The Balaban J connectivity index is 2.41. The molecular formula is C10H14BrNO2. The number of benzene rings is 1. The molecular weight excluding hydrogens is 246 g/mol. The predicted octanol–water partition coefficient (Wildman–Crippen LogP) is 1.54. The van der Waals surface area contributed by atoms with E-state index >= 15 is 0 Å². The van der Waals surface area contributed by atoms with Gasteiger partial charge in [0.05, 0.1) is 4.47 Å². The van der Waals surface area contributed by atoms with Crippen molar-refractivity contribution in [3.05, 3.63) is 28.7 Å². The third-order valence-electron chi connectivity index (χ3n) is 1.79. The van der Waals surface area contributed by atoms with Crippen molar-refractivity contribution in [3.63, 3.8) is 0 Å². The highest BCUT2D eigenvalue weighted by Crippen LogP contribution is 2.23. The van der Waals surface area contributed by atoms with Gasteiger partial charge in [-0.25, -0.2) is 0 Å². The van der Waals surface area contributed by atoms with Gasteiger partial charge in [0.25, 0.3) is 0 Å². The summed E-state index contributed by atoms with van der Waals surface area (Å²) in [5.74, 6) is 0.779. The van der Waals surface area contributed by atoms with Crippen LogP contribution in [0.2, 0.25) is 0 Å². The Morgan fingerprint density at radius 1 is 1.43 bits per heavy atom. The fraction of sp³-hybridized carbons (Fsp3) is 0.400. The lowest BCUT2D eigenvalue weighted by Crippen LogP contribution is -2.28. The zero-order valence-corrected chi connectivity index (χ0v) is 9.40. The standard InChI is InChI=1S/C10H14BrNO2/c11-9-3-1-2-4-10(9)14-7-8(12)5-6-13/h1-4,8,13H,5-7,12H2. The van der Waals surface area contributed by atoms with Crippen LogP contribution in [0.25, 0.3) is 0 Å². The Morgan fingerprint density at radius 3 is 2.79 bits per heavy atom. The van der Waals surface area contributed by atoms with Gasteiger partial charge in [-0.05, 0) is 34.5 Å². The smallest absolute Gasteiger partial charge is 0.133 e. The summed E-state index contributed by atoms with van der Waals surface area (Å²) in [5, 5.41) is 8.64. The van der Waals surface area contributed by atoms with E-state index in [0.717, 1.165) is 10.2 Å². The Bertz CT molecular complexity index is 281. The third kappa shape index (κ3) is 3.65. The minimum atomic E-state index is -0.118. The SMILES string of the molecule is NC(CCO)COc1ccccc1Br. The Kier molecular flexibility index (Phi) is 4.93. The zero-order chi connectivity index (χ0) is 10.4. The van der Waals surface area contributed by atoms with Crippen LogP contribution in [-0.4, -0.2) is 24.4 Å². The van der Waals surface area contributed by atoms with Gasteiger partial charge in [-0.2, -0.15) is 0 Å². The normalized spacial score (nSPS) is 12.5. The van der Waals surface area contributed by atoms with Crippen LogP contribution in [-0.2, 0) is 0 Å². The quantitative estimate of drug-likeness (QED) is 0.844. The molecule has 0 radical (unpaired) electrons. The summed E-state index contributed by atoms with van der Waals surface area (Å²) in [7, 11) is 0. The summed E-state index contributed by atoms with van der Waals surface area (Å²) in [6.07, 6.45) is 0.560. The average Bonchev–Trinajstić information content (AvgIpc) is 2.17. The number of ether oxygens (including phenoxy) is 1. The second-order valence-corrected chi connectivity index (χ2v) is 3.87. The number of aliphatic hydroxyl groups is 1. The van der Waals surface area contributed by atoms with Gasteiger partial charge >= 0.3 is 0 Å². The first-order valence-electron chi connectivity index (χ1n) is 4.48. The van der Waals surface area contributed by atoms with Crippen molar-refractivity contribution >= 4 is 15.9 Å². The van der Waals surface area contributed by atoms with E-state index in [9.17, 15) is 0 Å². The number of hydrogen-bond donors (Lipinski definition) is 2. The van der Waals surface area contributed by atoms with Crippen molar-refractivity contribution < 1.29 is 9.84 Å². The maximum atomic E-state index is 8.64. The van der Waals surface area contributed by atoms with Crippen molar-refractivity contribution in [2.24, 2.45) is 5.73 Å². The van der Waals surface area contributed by atoms with E-state index < -0.39 is 0 Å². The minimum Gasteiger partial charge on any atom is -0.491 e. The number of rotatable bonds is 5. The van der Waals surface area contributed by atoms with Gasteiger partial charge in [-0.3, -0.25) is 0 Å². The maximum Gasteiger partial charge on any atom is 0.133 e. The molecule has 0 aliphatic heterocycles. The molecule has 14 heavy (non-hydrogen) atoms. The van der Waals surface area contributed by atoms with Crippen LogP contribution < -0.4 is 10.5 Å². The summed E-state index contributed by atoms with van der Waals surface area (Å²) < 4.78 is 6.38. The summed E-state index contributed by atoms with van der Waals surface area (Å²) >= 11 is 3.37. The average molecular weight is 260 g/mol. The second kappa shape index (κ2) is 6.01. The van der Waals surface area contributed by atoms with E-state index in [1.165, 1.54) is 0 Å². The molecule has 1 aromatic carbocycles. The Morgan fingerprint density at radius 2 is 2.14 bits per heavy atom. The van der Waals surface area contributed by atoms with Gasteiger partial charge in [0.1, 0.15) is 12.4 Å². The zero-order valence-electron chi connectivity index (χ0n) is 7.82. The molecule has 3 nitrogen and oxygen atoms in total. The summed E-state index contributed by atoms with van der Waals surface area (Å²) in [5.41, 5.74) is 5.68. The highest BCUT2D eigenvalue weighted by molar-refractivity contribution is 9.10. The van der Waals surface area contributed by atoms with Crippen LogP contribution in [0, 0.1) is 0 Å². The molecule has 0 fully saturated rings. The largest absolute Gasteiger partial charge is 0.491 e. The van der Waals surface area contributed by atoms with Crippen molar-refractivity contribution in [1.82, 2.24) is 0 Å². The summed E-state index contributed by atoms with van der Waals surface area (Å²) in [4.78, 5) is 0. The first-order chi connectivity index (χ1) is 6.74. The highest BCUT2D eigenvalue weighted by atomic mass is 79.9. The van der Waals surface area contributed by atoms with Crippen LogP contribution in [0.1, 0.15) is 6.42 Å². The minimum absolute atomic E-state index is 0.0977. The van der Waals surface area contributed by atoms with E-state index in [-0.39, 0.29) is 12.6 Å². The van der Waals surface area contributed by atoms with Crippen LogP contribution in [0.4, 0.5) is 0 Å². The molecule has 0 aromatic heterocycles. The van der Waals surface area contributed by atoms with Gasteiger partial charge in [0, 0.05) is 12.6 Å². The summed E-state index contributed by atoms with van der Waals surface area (Å²) in [6.45, 7) is 0.518. The van der Waals surface area contributed by atoms with Gasteiger partial charge < -0.3 is 15.6 Å². The van der Waals surface area contributed by atoms with Gasteiger partial charge in [-0.1, -0.05) is 12.1 Å². The lowest BCUT2D eigenvalue weighted by molar-refractivity contribution is 0.233. The molecule has 0 aliphatic carbocycles. The van der Waals surface area contributed by atoms with E-state index in [2.05, 4.69) is 15.9 Å². The molecule has 0 heterocycles. The number of halogens is 1. The fourth-order valence-electron chi connectivity index (χ4n) is 1.01. The molecule has 78 valence electrons. The first kappa shape index (κ1) is 11.5. The van der Waals surface area contributed by atoms with Crippen molar-refractivity contribution in [2.45, 2.75) is 12.5 Å². The van der Waals surface area contributed by atoms with Crippen molar-refractivity contribution in [3.8, 4) is 5.75 Å². The number of hydrogen-bond acceptors (Lipinski definition) is 3. The monoisotopic (exact) mass is 259 g/mol. The molecule has 1 atom stereocenters. The Hall–Kier alpha value is -0.580. The number of aliphatic hydroxyl groups excluding tert-OH is 1. The summed E-state index contributed by atoms with van der Waals surface area (Å²) in [6, 6.07) is 7.48. The van der Waals surface area contributed by atoms with E-state index in [0.29, 0.717) is 13.0 Å². The molecule has 4 heteroatoms. The number of para-hydroxylation sites is 1.